The maximum absolute atomic E-state index is 12.9. The third-order valence-corrected chi connectivity index (χ3v) is 13.5. The summed E-state index contributed by atoms with van der Waals surface area (Å²) in [5.74, 6) is 0.821. The fourth-order valence-corrected chi connectivity index (χ4v) is 9.05. The van der Waals surface area contributed by atoms with Crippen LogP contribution in [0.1, 0.15) is 330 Å². The Bertz CT molecular complexity index is 993. The zero-order valence-electron chi connectivity index (χ0n) is 44.6. The Balaban J connectivity index is 4.27. The highest BCUT2D eigenvalue weighted by atomic mass is 16.6. The number of hydrogen-bond acceptors (Lipinski definition) is 6. The lowest BCUT2D eigenvalue weighted by molar-refractivity contribution is -0.167. The van der Waals surface area contributed by atoms with Gasteiger partial charge in [-0.05, 0) is 31.1 Å². The van der Waals surface area contributed by atoms with Gasteiger partial charge < -0.3 is 14.2 Å². The molecule has 0 heterocycles. The second-order valence-electron chi connectivity index (χ2n) is 21.2. The molecule has 0 aromatic heterocycles. The highest BCUT2D eigenvalue weighted by Gasteiger charge is 2.19. The first-order chi connectivity index (χ1) is 31.7. The summed E-state index contributed by atoms with van der Waals surface area (Å²) in [6, 6.07) is 0. The molecule has 0 aliphatic heterocycles. The number of carbonyl (C=O) groups excluding carboxylic acids is 3. The van der Waals surface area contributed by atoms with Crippen molar-refractivity contribution in [1.29, 1.82) is 0 Å². The lowest BCUT2D eigenvalue weighted by Gasteiger charge is -2.18. The van der Waals surface area contributed by atoms with Crippen molar-refractivity contribution >= 4 is 17.9 Å². The smallest absolute Gasteiger partial charge is 0.306 e. The molecule has 6 nitrogen and oxygen atoms in total. The van der Waals surface area contributed by atoms with Crippen LogP contribution in [-0.4, -0.2) is 37.2 Å². The third-order valence-electron chi connectivity index (χ3n) is 13.5. The largest absolute Gasteiger partial charge is 0.462 e. The maximum atomic E-state index is 12.9. The quantitative estimate of drug-likeness (QED) is 0.0344. The molecular weight excluding hydrogens is 805 g/mol. The molecule has 0 N–H and O–H groups in total. The van der Waals surface area contributed by atoms with Crippen LogP contribution in [0.3, 0.4) is 0 Å². The molecule has 0 radical (unpaired) electrons. The predicted molar refractivity (Wildman–Crippen MR) is 280 cm³/mol. The molecule has 0 aromatic carbocycles. The van der Waals surface area contributed by atoms with Crippen LogP contribution < -0.4 is 0 Å². The van der Waals surface area contributed by atoms with E-state index < -0.39 is 6.10 Å². The van der Waals surface area contributed by atoms with Gasteiger partial charge in [0.05, 0.1) is 0 Å². The van der Waals surface area contributed by atoms with E-state index in [1.165, 1.54) is 218 Å². The summed E-state index contributed by atoms with van der Waals surface area (Å²) in [6.07, 6.45) is 55.3. The molecule has 0 rings (SSSR count). The zero-order valence-corrected chi connectivity index (χ0v) is 44.6. The summed E-state index contributed by atoms with van der Waals surface area (Å²) in [6.45, 7) is 11.4. The second kappa shape index (κ2) is 51.8. The Morgan fingerprint density at radius 1 is 0.292 bits per heavy atom. The molecule has 0 spiro atoms. The van der Waals surface area contributed by atoms with Gasteiger partial charge in [0.15, 0.2) is 6.10 Å². The van der Waals surface area contributed by atoms with Gasteiger partial charge in [-0.1, -0.05) is 291 Å². The molecule has 0 saturated heterocycles. The topological polar surface area (TPSA) is 78.9 Å². The van der Waals surface area contributed by atoms with Crippen molar-refractivity contribution < 1.29 is 28.6 Å². The van der Waals surface area contributed by atoms with E-state index in [9.17, 15) is 14.4 Å². The van der Waals surface area contributed by atoms with Crippen molar-refractivity contribution in [1.82, 2.24) is 0 Å². The van der Waals surface area contributed by atoms with Crippen LogP contribution in [0.2, 0.25) is 0 Å². The average Bonchev–Trinajstić information content (AvgIpc) is 3.28. The molecule has 386 valence electrons. The van der Waals surface area contributed by atoms with Crippen molar-refractivity contribution in [2.75, 3.05) is 13.2 Å². The summed E-state index contributed by atoms with van der Waals surface area (Å²) in [5.41, 5.74) is 0. The molecule has 6 heteroatoms. The van der Waals surface area contributed by atoms with E-state index in [-0.39, 0.29) is 31.1 Å². The average molecular weight is 920 g/mol. The van der Waals surface area contributed by atoms with E-state index in [4.69, 9.17) is 14.2 Å². The molecule has 0 aliphatic carbocycles. The van der Waals surface area contributed by atoms with E-state index in [0.717, 1.165) is 69.6 Å². The molecule has 0 aromatic rings. The maximum Gasteiger partial charge on any atom is 0.306 e. The second-order valence-corrected chi connectivity index (χ2v) is 21.2. The van der Waals surface area contributed by atoms with Crippen molar-refractivity contribution in [3.63, 3.8) is 0 Å². The summed E-state index contributed by atoms with van der Waals surface area (Å²) >= 11 is 0. The van der Waals surface area contributed by atoms with Gasteiger partial charge in [-0.3, -0.25) is 14.4 Å². The monoisotopic (exact) mass is 919 g/mol. The van der Waals surface area contributed by atoms with E-state index in [1.807, 2.05) is 0 Å². The molecule has 1 atom stereocenters. The minimum absolute atomic E-state index is 0.0627. The summed E-state index contributed by atoms with van der Waals surface area (Å²) in [4.78, 5) is 38.1. The van der Waals surface area contributed by atoms with Crippen molar-refractivity contribution in [3.05, 3.63) is 0 Å². The summed E-state index contributed by atoms with van der Waals surface area (Å²) in [7, 11) is 0. The number of ether oxygens (including phenoxy) is 3. The summed E-state index contributed by atoms with van der Waals surface area (Å²) < 4.78 is 16.9. The van der Waals surface area contributed by atoms with Gasteiger partial charge in [0.1, 0.15) is 13.2 Å². The Hall–Kier alpha value is -1.59. The zero-order chi connectivity index (χ0) is 47.5. The van der Waals surface area contributed by atoms with Crippen LogP contribution in [0.25, 0.3) is 0 Å². The molecule has 0 fully saturated rings. The Kier molecular flexibility index (Phi) is 50.5. The third kappa shape index (κ3) is 53.2. The van der Waals surface area contributed by atoms with E-state index in [2.05, 4.69) is 34.6 Å². The Morgan fingerprint density at radius 2 is 0.508 bits per heavy atom. The van der Waals surface area contributed by atoms with Gasteiger partial charge in [0.2, 0.25) is 0 Å². The standard InChI is InChI=1S/C59H114O6/c1-6-7-8-9-10-11-12-13-14-18-21-24-29-34-39-44-49-57(60)63-52-56(53-64-58(61)50-45-40-35-31-26-28-33-38-43-48-55(4)5)65-59(62)51-46-41-36-30-25-22-19-16-15-17-20-23-27-32-37-42-47-54(2)3/h54-56H,6-53H2,1-5H3/t56-/m0/s1. The summed E-state index contributed by atoms with van der Waals surface area (Å²) in [5, 5.41) is 0. The van der Waals surface area contributed by atoms with Crippen molar-refractivity contribution in [2.45, 2.75) is 336 Å². The number of unbranched alkanes of at least 4 members (excludes halogenated alkanes) is 38. The van der Waals surface area contributed by atoms with Crippen molar-refractivity contribution in [2.24, 2.45) is 11.8 Å². The highest BCUT2D eigenvalue weighted by molar-refractivity contribution is 5.71. The Morgan fingerprint density at radius 3 is 0.754 bits per heavy atom. The minimum atomic E-state index is -0.763. The highest BCUT2D eigenvalue weighted by Crippen LogP contribution is 2.18. The van der Waals surface area contributed by atoms with Crippen LogP contribution in [0, 0.1) is 11.8 Å². The van der Waals surface area contributed by atoms with E-state index in [1.54, 1.807) is 0 Å². The lowest BCUT2D eigenvalue weighted by Crippen LogP contribution is -2.30. The lowest BCUT2D eigenvalue weighted by atomic mass is 10.0. The molecule has 0 unspecified atom stereocenters. The van der Waals surface area contributed by atoms with E-state index >= 15 is 0 Å². The van der Waals surface area contributed by atoms with Crippen LogP contribution in [-0.2, 0) is 28.6 Å². The first-order valence-electron chi connectivity index (χ1n) is 29.2. The molecule has 0 bridgehead atoms. The van der Waals surface area contributed by atoms with Crippen LogP contribution >= 0.6 is 0 Å². The first kappa shape index (κ1) is 63.4. The number of carbonyl (C=O) groups is 3. The van der Waals surface area contributed by atoms with Gasteiger partial charge in [-0.25, -0.2) is 0 Å². The fraction of sp³-hybridized carbons (Fsp3) is 0.949. The molecule has 0 amide bonds. The minimum Gasteiger partial charge on any atom is -0.462 e. The number of rotatable bonds is 53. The first-order valence-corrected chi connectivity index (χ1v) is 29.2. The van der Waals surface area contributed by atoms with Gasteiger partial charge in [-0.15, -0.1) is 0 Å². The van der Waals surface area contributed by atoms with Crippen LogP contribution in [0.4, 0.5) is 0 Å². The van der Waals surface area contributed by atoms with Gasteiger partial charge in [-0.2, -0.15) is 0 Å². The van der Waals surface area contributed by atoms with Gasteiger partial charge >= 0.3 is 17.9 Å². The van der Waals surface area contributed by atoms with E-state index in [0.29, 0.717) is 19.3 Å². The number of hydrogen-bond donors (Lipinski definition) is 0. The molecule has 0 aliphatic rings. The SMILES string of the molecule is CCCCCCCCCCCCCCCCCCC(=O)OC[C@@H](COC(=O)CCCCCCCCCCCC(C)C)OC(=O)CCCCCCCCCCCCCCCCCCC(C)C. The molecule has 0 saturated carbocycles. The van der Waals surface area contributed by atoms with Crippen LogP contribution in [0.5, 0.6) is 0 Å². The van der Waals surface area contributed by atoms with Crippen LogP contribution in [0.15, 0.2) is 0 Å². The van der Waals surface area contributed by atoms with Gasteiger partial charge in [0.25, 0.3) is 0 Å². The fourth-order valence-electron chi connectivity index (χ4n) is 9.05. The normalized spacial score (nSPS) is 12.0. The predicted octanol–water partition coefficient (Wildman–Crippen LogP) is 19.3. The van der Waals surface area contributed by atoms with Gasteiger partial charge in [0, 0.05) is 19.3 Å². The van der Waals surface area contributed by atoms with Crippen molar-refractivity contribution in [3.8, 4) is 0 Å². The molecule has 65 heavy (non-hydrogen) atoms. The Labute approximate surface area is 406 Å². The molecular formula is C59H114O6. The number of esters is 3.